The Morgan fingerprint density at radius 1 is 1.22 bits per heavy atom. The fraction of sp³-hybridized carbons (Fsp3) is 0.385. The summed E-state index contributed by atoms with van der Waals surface area (Å²) in [5.41, 5.74) is 9.69. The van der Waals surface area contributed by atoms with E-state index in [1.165, 1.54) is 11.1 Å². The number of carbonyl (C=O) groups is 2. The number of hydrogen-bond acceptors (Lipinski definition) is 6. The summed E-state index contributed by atoms with van der Waals surface area (Å²) in [7, 11) is 0. The van der Waals surface area contributed by atoms with E-state index in [2.05, 4.69) is 15.3 Å². The Hall–Kier alpha value is -4.02. The number of likely N-dealkylation sites (tertiary alicyclic amines) is 1. The number of benzene rings is 1. The maximum Gasteiger partial charge on any atom is 0.413 e. The molecule has 1 aliphatic carbocycles. The molecule has 9 nitrogen and oxygen atoms in total. The molecule has 37 heavy (non-hydrogen) atoms. The maximum atomic E-state index is 15.5. The fourth-order valence-electron chi connectivity index (χ4n) is 5.33. The molecule has 0 spiro atoms. The van der Waals surface area contributed by atoms with Crippen molar-refractivity contribution in [2.75, 3.05) is 35.6 Å². The molecule has 6 rings (SSSR count). The van der Waals surface area contributed by atoms with Gasteiger partial charge in [0.15, 0.2) is 5.82 Å². The third-order valence-corrected chi connectivity index (χ3v) is 7.61. The van der Waals surface area contributed by atoms with Crippen molar-refractivity contribution in [1.29, 1.82) is 0 Å². The highest BCUT2D eigenvalue weighted by molar-refractivity contribution is 6.00. The molecule has 11 heteroatoms. The SMILES string of the molecule is Cc1c(-c2cc3cc(N(C(=O)O)C4CN(C(=O)[C@@H]5C[C@H]5F)C4)ncc3c(N)c2F)cnc2c1NCCC2. The quantitative estimate of drug-likeness (QED) is 0.459. The van der Waals surface area contributed by atoms with Crippen LogP contribution in [-0.4, -0.2) is 63.8 Å². The molecule has 2 aromatic heterocycles. The van der Waals surface area contributed by atoms with Gasteiger partial charge in [0.1, 0.15) is 12.0 Å². The third-order valence-electron chi connectivity index (χ3n) is 7.61. The van der Waals surface area contributed by atoms with Crippen LogP contribution in [0.25, 0.3) is 21.9 Å². The standard InChI is InChI=1S/C26H26F2N6O3/c1-12-17(8-31-20-3-2-4-30-24(12)20)15-5-13-6-21(32-9-18(13)23(29)22(15)28)34(26(36)37)14-10-33(11-14)25(35)16-7-19(16)27/h5-6,8-9,14,16,19,30H,2-4,7,10-11,29H2,1H3,(H,36,37)/t16-,19-/m1/s1. The largest absolute Gasteiger partial charge is 0.465 e. The normalized spacial score (nSPS) is 20.7. The van der Waals surface area contributed by atoms with Gasteiger partial charge in [-0.1, -0.05) is 0 Å². The first kappa shape index (κ1) is 23.4. The van der Waals surface area contributed by atoms with Crippen LogP contribution in [0.5, 0.6) is 0 Å². The number of nitrogens with two attached hydrogens (primary N) is 1. The first-order chi connectivity index (χ1) is 17.7. The van der Waals surface area contributed by atoms with Gasteiger partial charge >= 0.3 is 6.09 Å². The van der Waals surface area contributed by atoms with Gasteiger partial charge in [-0.25, -0.2) is 18.6 Å². The number of aromatic nitrogens is 2. The molecule has 2 amide bonds. The van der Waals surface area contributed by atoms with Crippen LogP contribution in [0.15, 0.2) is 24.5 Å². The highest BCUT2D eigenvalue weighted by atomic mass is 19.1. The van der Waals surface area contributed by atoms with Crippen LogP contribution in [0, 0.1) is 18.7 Å². The Morgan fingerprint density at radius 3 is 2.68 bits per heavy atom. The van der Waals surface area contributed by atoms with E-state index in [-0.39, 0.29) is 42.5 Å². The Morgan fingerprint density at radius 2 is 1.97 bits per heavy atom. The lowest BCUT2D eigenvalue weighted by molar-refractivity contribution is -0.137. The van der Waals surface area contributed by atoms with Crippen LogP contribution in [0.3, 0.4) is 0 Å². The summed E-state index contributed by atoms with van der Waals surface area (Å²) in [6.45, 7) is 3.06. The molecule has 0 bridgehead atoms. The molecule has 3 aromatic rings. The van der Waals surface area contributed by atoms with Gasteiger partial charge in [-0.05, 0) is 49.3 Å². The van der Waals surface area contributed by atoms with E-state index >= 15 is 4.39 Å². The molecule has 0 unspecified atom stereocenters. The van der Waals surface area contributed by atoms with Crippen molar-refractivity contribution in [2.45, 2.75) is 38.4 Å². The number of nitrogen functional groups attached to an aromatic ring is 1. The molecule has 1 aromatic carbocycles. The zero-order chi connectivity index (χ0) is 26.0. The smallest absolute Gasteiger partial charge is 0.413 e. The predicted molar refractivity (Wildman–Crippen MR) is 135 cm³/mol. The second-order valence-electron chi connectivity index (χ2n) is 9.97. The number of carboxylic acid groups (broad SMARTS) is 1. The molecule has 1 saturated heterocycles. The summed E-state index contributed by atoms with van der Waals surface area (Å²) >= 11 is 0. The zero-order valence-electron chi connectivity index (χ0n) is 20.2. The highest BCUT2D eigenvalue weighted by Gasteiger charge is 2.49. The molecule has 0 radical (unpaired) electrons. The van der Waals surface area contributed by atoms with Crippen LogP contribution in [0.4, 0.5) is 30.8 Å². The van der Waals surface area contributed by atoms with E-state index in [9.17, 15) is 19.1 Å². The number of hydrogen-bond donors (Lipinski definition) is 3. The topological polar surface area (TPSA) is 125 Å². The Kier molecular flexibility index (Phi) is 5.39. The van der Waals surface area contributed by atoms with Crippen LogP contribution in [0.2, 0.25) is 0 Å². The van der Waals surface area contributed by atoms with Gasteiger partial charge in [0, 0.05) is 48.5 Å². The number of nitrogens with zero attached hydrogens (tertiary/aromatic N) is 4. The first-order valence-electron chi connectivity index (χ1n) is 12.3. The summed E-state index contributed by atoms with van der Waals surface area (Å²) in [5.74, 6) is -1.33. The monoisotopic (exact) mass is 508 g/mol. The van der Waals surface area contributed by atoms with Crippen LogP contribution in [-0.2, 0) is 11.2 Å². The second-order valence-corrected chi connectivity index (χ2v) is 9.97. The molecule has 2 aliphatic heterocycles. The molecular weight excluding hydrogens is 482 g/mol. The number of amides is 2. The van der Waals surface area contributed by atoms with Crippen molar-refractivity contribution >= 4 is 40.0 Å². The van der Waals surface area contributed by atoms with Gasteiger partial charge in [0.2, 0.25) is 5.91 Å². The van der Waals surface area contributed by atoms with Gasteiger partial charge < -0.3 is 21.1 Å². The van der Waals surface area contributed by atoms with Crippen molar-refractivity contribution in [3.63, 3.8) is 0 Å². The number of carbonyl (C=O) groups excluding carboxylic acids is 1. The van der Waals surface area contributed by atoms with Gasteiger partial charge in [0.05, 0.1) is 29.0 Å². The molecular formula is C26H26F2N6O3. The van der Waals surface area contributed by atoms with E-state index in [4.69, 9.17) is 5.73 Å². The number of alkyl halides is 1. The molecule has 2 fully saturated rings. The Labute approximate surface area is 211 Å². The number of aryl methyl sites for hydroxylation is 1. The molecule has 4 N–H and O–H groups in total. The first-order valence-corrected chi connectivity index (χ1v) is 12.3. The summed E-state index contributed by atoms with van der Waals surface area (Å²) in [4.78, 5) is 35.8. The molecule has 4 heterocycles. The highest BCUT2D eigenvalue weighted by Crippen LogP contribution is 2.40. The van der Waals surface area contributed by atoms with Crippen molar-refractivity contribution < 1.29 is 23.5 Å². The van der Waals surface area contributed by atoms with Crippen molar-refractivity contribution in [2.24, 2.45) is 5.92 Å². The molecule has 192 valence electrons. The average Bonchev–Trinajstić information content (AvgIpc) is 3.59. The van der Waals surface area contributed by atoms with Gasteiger partial charge in [-0.2, -0.15) is 0 Å². The minimum Gasteiger partial charge on any atom is -0.465 e. The van der Waals surface area contributed by atoms with E-state index < -0.39 is 30.0 Å². The van der Waals surface area contributed by atoms with E-state index in [1.54, 1.807) is 18.3 Å². The van der Waals surface area contributed by atoms with Crippen molar-refractivity contribution in [3.05, 3.63) is 41.6 Å². The number of anilines is 3. The van der Waals surface area contributed by atoms with E-state index in [0.29, 0.717) is 16.3 Å². The molecule has 1 saturated carbocycles. The zero-order valence-corrected chi connectivity index (χ0v) is 20.2. The lowest BCUT2D eigenvalue weighted by Gasteiger charge is -2.43. The number of nitrogens with one attached hydrogen (secondary N) is 1. The van der Waals surface area contributed by atoms with E-state index in [0.717, 1.165) is 41.2 Å². The Balaban J connectivity index is 1.35. The minimum absolute atomic E-state index is 0.0795. The molecule has 2 atom stereocenters. The summed E-state index contributed by atoms with van der Waals surface area (Å²) in [5, 5.41) is 14.2. The van der Waals surface area contributed by atoms with Crippen LogP contribution in [0.1, 0.15) is 24.1 Å². The number of pyridine rings is 2. The fourth-order valence-corrected chi connectivity index (χ4v) is 5.33. The second kappa shape index (κ2) is 8.53. The lowest BCUT2D eigenvalue weighted by atomic mass is 9.95. The Bertz CT molecular complexity index is 1460. The number of halogens is 2. The number of rotatable bonds is 4. The summed E-state index contributed by atoms with van der Waals surface area (Å²) in [6.07, 6.45) is 2.75. The third kappa shape index (κ3) is 3.80. The maximum absolute atomic E-state index is 15.5. The summed E-state index contributed by atoms with van der Waals surface area (Å²) in [6, 6.07) is 2.68. The number of fused-ring (bicyclic) bond motifs is 2. The molecule has 3 aliphatic rings. The van der Waals surface area contributed by atoms with Crippen LogP contribution >= 0.6 is 0 Å². The van der Waals surface area contributed by atoms with E-state index in [1.807, 2.05) is 6.92 Å². The van der Waals surface area contributed by atoms with Crippen LogP contribution < -0.4 is 16.0 Å². The average molecular weight is 509 g/mol. The summed E-state index contributed by atoms with van der Waals surface area (Å²) < 4.78 is 28.7. The van der Waals surface area contributed by atoms with Gasteiger partial charge in [-0.15, -0.1) is 0 Å². The van der Waals surface area contributed by atoms with Crippen molar-refractivity contribution in [1.82, 2.24) is 14.9 Å². The van der Waals surface area contributed by atoms with Gasteiger partial charge in [-0.3, -0.25) is 14.7 Å². The van der Waals surface area contributed by atoms with Gasteiger partial charge in [0.25, 0.3) is 0 Å². The minimum atomic E-state index is -1.23. The predicted octanol–water partition coefficient (Wildman–Crippen LogP) is 3.74. The lowest BCUT2D eigenvalue weighted by Crippen LogP contribution is -2.63. The van der Waals surface area contributed by atoms with Crippen molar-refractivity contribution in [3.8, 4) is 11.1 Å².